The predicted octanol–water partition coefficient (Wildman–Crippen LogP) is 7.78. The number of allylic oxidation sites excluding steroid dienone is 2. The van der Waals surface area contributed by atoms with Crippen LogP contribution in [0, 0.1) is 40.9 Å². The highest BCUT2D eigenvalue weighted by Crippen LogP contribution is 2.61. The molecule has 2 amide bonds. The lowest BCUT2D eigenvalue weighted by molar-refractivity contribution is -0.208. The summed E-state index contributed by atoms with van der Waals surface area (Å²) in [5.74, 6) is -4.25. The van der Waals surface area contributed by atoms with Crippen molar-refractivity contribution < 1.29 is 41.0 Å². The lowest BCUT2D eigenvalue weighted by atomic mass is 9.50. The molecule has 0 radical (unpaired) electrons. The van der Waals surface area contributed by atoms with Gasteiger partial charge in [-0.05, 0) is 113 Å². The summed E-state index contributed by atoms with van der Waals surface area (Å²) in [5, 5.41) is 9.87. The van der Waals surface area contributed by atoms with Crippen LogP contribution in [0.3, 0.4) is 0 Å². The van der Waals surface area contributed by atoms with Crippen LogP contribution in [-0.4, -0.2) is 64.8 Å². The number of halogens is 6. The number of carbonyl (C=O) groups is 2. The Hall–Kier alpha value is -1.78. The number of amides is 2. The van der Waals surface area contributed by atoms with Gasteiger partial charge in [-0.2, -0.15) is 26.3 Å². The molecule has 2 aliphatic heterocycles. The molecule has 1 spiro atoms. The molecule has 254 valence electrons. The molecule has 4 fully saturated rings. The third kappa shape index (κ3) is 6.17. The van der Waals surface area contributed by atoms with Crippen LogP contribution in [0.5, 0.6) is 0 Å². The standard InChI is InChI=1S/C34H48F6N2O3/c35-33(36,37)20-42-28-12-6-2-7-23(28)17-32(31(42)45)27-11-5-3-9-25(27)30(44)41(29(32)22-15-13-21(19-43)14-16-22)18-24-8-1-4-10-26(24)34(38,39)40/h21-22,24-27,29,43H,1-20H2/t21?,22?,24?,25?,26?,27?,29-,32-/m0/s1. The molecule has 0 bridgehead atoms. The highest BCUT2D eigenvalue weighted by molar-refractivity contribution is 5.92. The number of nitrogens with zero attached hydrogens (tertiary/aromatic N) is 2. The zero-order valence-electron chi connectivity index (χ0n) is 26.1. The van der Waals surface area contributed by atoms with Crippen molar-refractivity contribution in [2.45, 2.75) is 128 Å². The van der Waals surface area contributed by atoms with E-state index in [1.165, 1.54) is 0 Å². The third-order valence-electron chi connectivity index (χ3n) is 12.6. The minimum atomic E-state index is -4.61. The van der Waals surface area contributed by atoms with Crippen LogP contribution >= 0.6 is 0 Å². The van der Waals surface area contributed by atoms with Crippen LogP contribution in [0.2, 0.25) is 0 Å². The van der Waals surface area contributed by atoms with Crippen LogP contribution in [0.15, 0.2) is 11.3 Å². The number of carbonyl (C=O) groups excluding carboxylic acids is 2. The van der Waals surface area contributed by atoms with Gasteiger partial charge in [0.1, 0.15) is 6.54 Å². The van der Waals surface area contributed by atoms with Gasteiger partial charge in [-0.15, -0.1) is 0 Å². The fourth-order valence-corrected chi connectivity index (χ4v) is 10.7. The van der Waals surface area contributed by atoms with E-state index in [1.807, 2.05) is 0 Å². The van der Waals surface area contributed by atoms with Crippen LogP contribution < -0.4 is 0 Å². The second-order valence-electron chi connectivity index (χ2n) is 15.1. The maximum atomic E-state index is 15.1. The monoisotopic (exact) mass is 646 g/mol. The summed E-state index contributed by atoms with van der Waals surface area (Å²) in [5.41, 5.74) is 0.0697. The summed E-state index contributed by atoms with van der Waals surface area (Å²) >= 11 is 0. The molecule has 3 saturated carbocycles. The molecule has 5 nitrogen and oxygen atoms in total. The molecule has 0 aromatic carbocycles. The fourth-order valence-electron chi connectivity index (χ4n) is 10.7. The van der Waals surface area contributed by atoms with E-state index in [0.717, 1.165) is 29.7 Å². The number of piperidine rings is 1. The molecular weight excluding hydrogens is 598 g/mol. The average Bonchev–Trinajstić information content (AvgIpc) is 3.01. The van der Waals surface area contributed by atoms with Gasteiger partial charge >= 0.3 is 12.4 Å². The summed E-state index contributed by atoms with van der Waals surface area (Å²) in [6.45, 7) is -1.46. The Labute approximate surface area is 262 Å². The number of hydrogen-bond donors (Lipinski definition) is 1. The topological polar surface area (TPSA) is 60.9 Å². The maximum Gasteiger partial charge on any atom is 0.406 e. The highest BCUT2D eigenvalue weighted by atomic mass is 19.4. The SMILES string of the molecule is O=C1C2CCCCC2[C@@]2(CC3=C(CCCC3)N(CC(F)(F)F)C2=O)[C@H](C2CCC(CO)CC2)N1CC1CCCCC1C(F)(F)F. The molecule has 1 N–H and O–H groups in total. The van der Waals surface area contributed by atoms with Crippen LogP contribution in [0.25, 0.3) is 0 Å². The summed E-state index contributed by atoms with van der Waals surface area (Å²) in [6.07, 6.45) is 0.378. The molecule has 4 aliphatic carbocycles. The van der Waals surface area contributed by atoms with Gasteiger partial charge in [-0.1, -0.05) is 25.7 Å². The van der Waals surface area contributed by atoms with Crippen molar-refractivity contribution in [3.63, 3.8) is 0 Å². The quantitative estimate of drug-likeness (QED) is 0.311. The molecule has 0 aromatic rings. The van der Waals surface area contributed by atoms with E-state index >= 15 is 4.79 Å². The second-order valence-corrected chi connectivity index (χ2v) is 15.1. The average molecular weight is 647 g/mol. The van der Waals surface area contributed by atoms with E-state index in [2.05, 4.69) is 0 Å². The van der Waals surface area contributed by atoms with Gasteiger partial charge in [0.05, 0.1) is 11.3 Å². The first-order chi connectivity index (χ1) is 21.3. The first-order valence-corrected chi connectivity index (χ1v) is 17.4. The van der Waals surface area contributed by atoms with E-state index in [0.29, 0.717) is 89.2 Å². The molecule has 6 atom stereocenters. The Morgan fingerprint density at radius 3 is 2.16 bits per heavy atom. The first-order valence-electron chi connectivity index (χ1n) is 17.4. The fraction of sp³-hybridized carbons (Fsp3) is 0.882. The first kappa shape index (κ1) is 33.1. The molecule has 45 heavy (non-hydrogen) atoms. The van der Waals surface area contributed by atoms with Gasteiger partial charge in [0.2, 0.25) is 11.8 Å². The molecule has 11 heteroatoms. The molecule has 0 aromatic heterocycles. The van der Waals surface area contributed by atoms with Crippen LogP contribution in [-0.2, 0) is 9.59 Å². The number of aliphatic hydroxyl groups is 1. The Kier molecular flexibility index (Phi) is 9.34. The van der Waals surface area contributed by atoms with E-state index in [9.17, 15) is 36.2 Å². The zero-order chi connectivity index (χ0) is 32.1. The van der Waals surface area contributed by atoms with E-state index in [-0.39, 0.29) is 37.3 Å². The van der Waals surface area contributed by atoms with E-state index < -0.39 is 59.9 Å². The molecule has 6 rings (SSSR count). The normalized spacial score (nSPS) is 38.4. The van der Waals surface area contributed by atoms with Crippen LogP contribution in [0.4, 0.5) is 26.3 Å². The minimum Gasteiger partial charge on any atom is -0.396 e. The number of hydrogen-bond acceptors (Lipinski definition) is 3. The number of aliphatic hydroxyl groups excluding tert-OH is 1. The lowest BCUT2D eigenvalue weighted by Gasteiger charge is -2.63. The van der Waals surface area contributed by atoms with Crippen molar-refractivity contribution in [2.24, 2.45) is 40.9 Å². The summed E-state index contributed by atoms with van der Waals surface area (Å²) in [7, 11) is 0. The predicted molar refractivity (Wildman–Crippen MR) is 155 cm³/mol. The van der Waals surface area contributed by atoms with E-state index in [4.69, 9.17) is 0 Å². The van der Waals surface area contributed by atoms with Crippen LogP contribution in [0.1, 0.15) is 109 Å². The summed E-state index contributed by atoms with van der Waals surface area (Å²) in [4.78, 5) is 32.3. The van der Waals surface area contributed by atoms with Crippen molar-refractivity contribution in [1.29, 1.82) is 0 Å². The minimum absolute atomic E-state index is 0.00814. The van der Waals surface area contributed by atoms with Crippen molar-refractivity contribution in [3.05, 3.63) is 11.3 Å². The molecular formula is C34H48F6N2O3. The number of fused-ring (bicyclic) bond motifs is 2. The largest absolute Gasteiger partial charge is 0.406 e. The molecule has 4 unspecified atom stereocenters. The summed E-state index contributed by atoms with van der Waals surface area (Å²) in [6, 6.07) is -0.751. The molecule has 1 saturated heterocycles. The number of rotatable bonds is 5. The Bertz CT molecular complexity index is 1150. The van der Waals surface area contributed by atoms with Crippen molar-refractivity contribution in [1.82, 2.24) is 9.80 Å². The van der Waals surface area contributed by atoms with Crippen molar-refractivity contribution >= 4 is 11.8 Å². The Morgan fingerprint density at radius 2 is 1.47 bits per heavy atom. The van der Waals surface area contributed by atoms with Gasteiger partial charge < -0.3 is 14.9 Å². The van der Waals surface area contributed by atoms with Gasteiger partial charge in [-0.3, -0.25) is 9.59 Å². The lowest BCUT2D eigenvalue weighted by Crippen LogP contribution is -2.72. The Balaban J connectivity index is 1.49. The van der Waals surface area contributed by atoms with E-state index in [1.54, 1.807) is 4.90 Å². The van der Waals surface area contributed by atoms with Gasteiger partial charge in [0.15, 0.2) is 0 Å². The third-order valence-corrected chi connectivity index (χ3v) is 12.6. The smallest absolute Gasteiger partial charge is 0.396 e. The van der Waals surface area contributed by atoms with Gasteiger partial charge in [-0.25, -0.2) is 0 Å². The highest BCUT2D eigenvalue weighted by Gasteiger charge is 2.67. The second kappa shape index (κ2) is 12.7. The molecule has 2 heterocycles. The Morgan fingerprint density at radius 1 is 0.800 bits per heavy atom. The van der Waals surface area contributed by atoms with Gasteiger partial charge in [0, 0.05) is 30.8 Å². The van der Waals surface area contributed by atoms with Crippen molar-refractivity contribution in [3.8, 4) is 0 Å². The zero-order valence-corrected chi connectivity index (χ0v) is 26.1. The summed E-state index contributed by atoms with van der Waals surface area (Å²) < 4.78 is 85.6. The van der Waals surface area contributed by atoms with Gasteiger partial charge in [0.25, 0.3) is 0 Å². The molecule has 6 aliphatic rings. The number of likely N-dealkylation sites (tertiary alicyclic amines) is 1. The van der Waals surface area contributed by atoms with Crippen molar-refractivity contribution in [2.75, 3.05) is 19.7 Å². The number of alkyl halides is 6. The maximum absolute atomic E-state index is 15.1.